The van der Waals surface area contributed by atoms with Gasteiger partial charge in [-0.1, -0.05) is 29.5 Å². The lowest BCUT2D eigenvalue weighted by Crippen LogP contribution is -1.98. The van der Waals surface area contributed by atoms with E-state index in [9.17, 15) is 4.39 Å². The lowest BCUT2D eigenvalue weighted by Gasteiger charge is -2.10. The van der Waals surface area contributed by atoms with Crippen molar-refractivity contribution in [3.05, 3.63) is 63.9 Å². The molecule has 0 unspecified atom stereocenters. The molecule has 0 spiro atoms. The Morgan fingerprint density at radius 2 is 2.00 bits per heavy atom. The van der Waals surface area contributed by atoms with Crippen LogP contribution in [0.2, 0.25) is 5.02 Å². The third-order valence-corrected chi connectivity index (χ3v) is 3.29. The Kier molecular flexibility index (Phi) is 5.50. The molecule has 0 atom stereocenters. The fourth-order valence-corrected chi connectivity index (χ4v) is 2.00. The molecule has 0 amide bonds. The SMILES string of the molecule is Cc1cc(C#CCCl)ccc1OCc1ccc(Cl)c(F)c1. The molecule has 0 saturated carbocycles. The zero-order chi connectivity index (χ0) is 15.2. The van der Waals surface area contributed by atoms with Gasteiger partial charge in [0.2, 0.25) is 0 Å². The van der Waals surface area contributed by atoms with Crippen molar-refractivity contribution in [2.24, 2.45) is 0 Å². The first-order valence-electron chi connectivity index (χ1n) is 6.32. The maximum atomic E-state index is 13.3. The van der Waals surface area contributed by atoms with Crippen molar-refractivity contribution in [1.82, 2.24) is 0 Å². The largest absolute Gasteiger partial charge is 0.489 e. The molecular formula is C17H13Cl2FO. The van der Waals surface area contributed by atoms with Crippen LogP contribution in [0.4, 0.5) is 4.39 Å². The zero-order valence-corrected chi connectivity index (χ0v) is 12.9. The lowest BCUT2D eigenvalue weighted by atomic mass is 10.1. The fourth-order valence-electron chi connectivity index (χ4n) is 1.82. The fraction of sp³-hybridized carbons (Fsp3) is 0.176. The third kappa shape index (κ3) is 4.39. The summed E-state index contributed by atoms with van der Waals surface area (Å²) in [5, 5.41) is 0.108. The van der Waals surface area contributed by atoms with E-state index in [0.29, 0.717) is 5.88 Å². The van der Waals surface area contributed by atoms with Gasteiger partial charge in [-0.2, -0.15) is 0 Å². The number of hydrogen-bond donors (Lipinski definition) is 0. The highest BCUT2D eigenvalue weighted by molar-refractivity contribution is 6.30. The zero-order valence-electron chi connectivity index (χ0n) is 11.4. The van der Waals surface area contributed by atoms with Gasteiger partial charge < -0.3 is 4.74 Å². The molecule has 0 saturated heterocycles. The summed E-state index contributed by atoms with van der Waals surface area (Å²) in [4.78, 5) is 0. The monoisotopic (exact) mass is 322 g/mol. The summed E-state index contributed by atoms with van der Waals surface area (Å²) in [6.45, 7) is 2.21. The van der Waals surface area contributed by atoms with E-state index in [4.69, 9.17) is 27.9 Å². The Bertz CT molecular complexity index is 702. The molecule has 1 nitrogen and oxygen atoms in total. The van der Waals surface area contributed by atoms with E-state index >= 15 is 0 Å². The summed E-state index contributed by atoms with van der Waals surface area (Å²) in [6, 6.07) is 10.3. The van der Waals surface area contributed by atoms with Crippen molar-refractivity contribution in [3.8, 4) is 17.6 Å². The summed E-state index contributed by atoms with van der Waals surface area (Å²) >= 11 is 11.2. The average molecular weight is 323 g/mol. The van der Waals surface area contributed by atoms with Gasteiger partial charge in [-0.3, -0.25) is 0 Å². The molecular weight excluding hydrogens is 310 g/mol. The highest BCUT2D eigenvalue weighted by Crippen LogP contribution is 2.21. The van der Waals surface area contributed by atoms with Crippen LogP contribution in [0.25, 0.3) is 0 Å². The second kappa shape index (κ2) is 7.36. The van der Waals surface area contributed by atoms with E-state index in [1.807, 2.05) is 25.1 Å². The van der Waals surface area contributed by atoms with Crippen LogP contribution in [0.5, 0.6) is 5.75 Å². The Balaban J connectivity index is 2.07. The van der Waals surface area contributed by atoms with Crippen LogP contribution in [-0.4, -0.2) is 5.88 Å². The molecule has 2 aromatic rings. The first kappa shape index (κ1) is 15.7. The predicted octanol–water partition coefficient (Wildman–Crippen LogP) is 4.96. The maximum Gasteiger partial charge on any atom is 0.142 e. The van der Waals surface area contributed by atoms with Crippen LogP contribution in [0.3, 0.4) is 0 Å². The van der Waals surface area contributed by atoms with Gasteiger partial charge in [0, 0.05) is 5.56 Å². The second-order valence-corrected chi connectivity index (χ2v) is 5.13. The Hall–Kier alpha value is -1.69. The van der Waals surface area contributed by atoms with Gasteiger partial charge in [-0.25, -0.2) is 4.39 Å². The van der Waals surface area contributed by atoms with E-state index < -0.39 is 5.82 Å². The van der Waals surface area contributed by atoms with Gasteiger partial charge in [-0.15, -0.1) is 11.6 Å². The maximum absolute atomic E-state index is 13.3. The molecule has 2 aromatic carbocycles. The molecule has 21 heavy (non-hydrogen) atoms. The molecule has 0 aliphatic rings. The van der Waals surface area contributed by atoms with Crippen LogP contribution in [0.1, 0.15) is 16.7 Å². The number of benzene rings is 2. The summed E-state index contributed by atoms with van der Waals surface area (Å²) in [6.07, 6.45) is 0. The molecule has 2 rings (SSSR count). The van der Waals surface area contributed by atoms with Crippen molar-refractivity contribution in [1.29, 1.82) is 0 Å². The van der Waals surface area contributed by atoms with Gasteiger partial charge in [0.05, 0.1) is 10.9 Å². The predicted molar refractivity (Wildman–Crippen MR) is 84.5 cm³/mol. The minimum atomic E-state index is -0.443. The Labute approximate surface area is 133 Å². The highest BCUT2D eigenvalue weighted by Gasteiger charge is 2.04. The van der Waals surface area contributed by atoms with Gasteiger partial charge in [0.15, 0.2) is 0 Å². The van der Waals surface area contributed by atoms with Crippen LogP contribution in [-0.2, 0) is 6.61 Å². The Morgan fingerprint density at radius 3 is 2.67 bits per heavy atom. The molecule has 0 N–H and O–H groups in total. The van der Waals surface area contributed by atoms with E-state index in [1.54, 1.807) is 6.07 Å². The molecule has 0 radical (unpaired) electrons. The standard InChI is InChI=1S/C17H13Cl2FO/c1-12-9-13(3-2-8-18)5-7-17(12)21-11-14-4-6-15(19)16(20)10-14/h4-7,9-10H,8,11H2,1H3. The topological polar surface area (TPSA) is 9.23 Å². The molecule has 108 valence electrons. The minimum Gasteiger partial charge on any atom is -0.489 e. The van der Waals surface area contributed by atoms with E-state index in [0.717, 1.165) is 22.4 Å². The first-order valence-corrected chi connectivity index (χ1v) is 7.23. The third-order valence-electron chi connectivity index (χ3n) is 2.85. The average Bonchev–Trinajstić information content (AvgIpc) is 2.47. The highest BCUT2D eigenvalue weighted by atomic mass is 35.5. The van der Waals surface area contributed by atoms with Crippen molar-refractivity contribution in [3.63, 3.8) is 0 Å². The van der Waals surface area contributed by atoms with Crippen molar-refractivity contribution in [2.45, 2.75) is 13.5 Å². The number of alkyl halides is 1. The number of rotatable bonds is 3. The summed E-state index contributed by atoms with van der Waals surface area (Å²) in [7, 11) is 0. The van der Waals surface area contributed by atoms with Gasteiger partial charge >= 0.3 is 0 Å². The normalized spacial score (nSPS) is 9.90. The number of hydrogen-bond acceptors (Lipinski definition) is 1. The molecule has 0 aromatic heterocycles. The van der Waals surface area contributed by atoms with Gasteiger partial charge in [0.1, 0.15) is 18.2 Å². The summed E-state index contributed by atoms with van der Waals surface area (Å²) < 4.78 is 19.0. The molecule has 0 heterocycles. The van der Waals surface area contributed by atoms with Crippen molar-refractivity contribution < 1.29 is 9.13 Å². The van der Waals surface area contributed by atoms with Crippen LogP contribution in [0, 0.1) is 24.6 Å². The summed E-state index contributed by atoms with van der Waals surface area (Å²) in [5.41, 5.74) is 2.58. The smallest absolute Gasteiger partial charge is 0.142 e. The number of halogens is 3. The molecule has 4 heteroatoms. The van der Waals surface area contributed by atoms with Gasteiger partial charge in [-0.05, 0) is 48.4 Å². The van der Waals surface area contributed by atoms with E-state index in [2.05, 4.69) is 11.8 Å². The van der Waals surface area contributed by atoms with E-state index in [1.165, 1.54) is 12.1 Å². The van der Waals surface area contributed by atoms with Gasteiger partial charge in [0.25, 0.3) is 0 Å². The second-order valence-electron chi connectivity index (χ2n) is 4.45. The van der Waals surface area contributed by atoms with Crippen molar-refractivity contribution >= 4 is 23.2 Å². The molecule has 0 aliphatic carbocycles. The quantitative estimate of drug-likeness (QED) is 0.573. The van der Waals surface area contributed by atoms with Crippen LogP contribution >= 0.6 is 23.2 Å². The molecule has 0 bridgehead atoms. The molecule has 0 fully saturated rings. The van der Waals surface area contributed by atoms with E-state index in [-0.39, 0.29) is 11.6 Å². The van der Waals surface area contributed by atoms with Crippen LogP contribution < -0.4 is 4.74 Å². The Morgan fingerprint density at radius 1 is 1.19 bits per heavy atom. The van der Waals surface area contributed by atoms with Crippen LogP contribution in [0.15, 0.2) is 36.4 Å². The molecule has 0 aliphatic heterocycles. The van der Waals surface area contributed by atoms with Crippen molar-refractivity contribution in [2.75, 3.05) is 5.88 Å². The first-order chi connectivity index (χ1) is 10.1. The summed E-state index contributed by atoms with van der Waals surface area (Å²) in [5.74, 6) is 6.35. The number of aryl methyl sites for hydroxylation is 1. The number of ether oxygens (including phenoxy) is 1. The minimum absolute atomic E-state index is 0.108. The lowest BCUT2D eigenvalue weighted by molar-refractivity contribution is 0.303.